The number of nitrogens with zero attached hydrogens (tertiary/aromatic N) is 1. The number of hydrogen-bond acceptors (Lipinski definition) is 5. The number of aliphatic hydroxyl groups excluding tert-OH is 1. The van der Waals surface area contributed by atoms with Gasteiger partial charge in [-0.1, -0.05) is 42.3 Å². The second kappa shape index (κ2) is 9.89. The fourth-order valence-corrected chi connectivity index (χ4v) is 4.76. The topological polar surface area (TPSA) is 92.8 Å². The van der Waals surface area contributed by atoms with Crippen molar-refractivity contribution in [2.24, 2.45) is 5.92 Å². The first-order chi connectivity index (χ1) is 15.8. The zero-order chi connectivity index (χ0) is 23.5. The first kappa shape index (κ1) is 23.2. The standard InChI is InChI=1S/C27H31NO5/c1-16-7-4-10-20(13-16)26-28-23(18(3)33-26)15-32-21-11-6-9-19(14-21)25(29)22-12-5-8-17(2)24(22)27(30)31/h4-5,7-8,10,12-13,19,21,25,29H,6,9,11,14-15H2,1-3H3,(H,30,31). The van der Waals surface area contributed by atoms with Crippen molar-refractivity contribution >= 4 is 5.97 Å². The van der Waals surface area contributed by atoms with Crippen molar-refractivity contribution < 1.29 is 24.2 Å². The Morgan fingerprint density at radius 1 is 1.18 bits per heavy atom. The molecule has 0 aliphatic heterocycles. The largest absolute Gasteiger partial charge is 0.478 e. The zero-order valence-corrected chi connectivity index (χ0v) is 19.4. The molecule has 2 aromatic carbocycles. The molecule has 1 aliphatic rings. The summed E-state index contributed by atoms with van der Waals surface area (Å²) < 4.78 is 12.1. The van der Waals surface area contributed by atoms with E-state index in [-0.39, 0.29) is 17.6 Å². The molecule has 6 nitrogen and oxygen atoms in total. The Balaban J connectivity index is 1.42. The number of ether oxygens (including phenoxy) is 1. The summed E-state index contributed by atoms with van der Waals surface area (Å²) in [7, 11) is 0. The Hall–Kier alpha value is -2.96. The van der Waals surface area contributed by atoms with E-state index in [9.17, 15) is 15.0 Å². The van der Waals surface area contributed by atoms with Crippen molar-refractivity contribution in [3.63, 3.8) is 0 Å². The summed E-state index contributed by atoms with van der Waals surface area (Å²) in [5.41, 5.74) is 4.22. The van der Waals surface area contributed by atoms with Crippen molar-refractivity contribution in [3.8, 4) is 11.5 Å². The molecule has 3 aromatic rings. The fraction of sp³-hybridized carbons (Fsp3) is 0.407. The van der Waals surface area contributed by atoms with Crippen LogP contribution in [-0.4, -0.2) is 27.3 Å². The van der Waals surface area contributed by atoms with E-state index >= 15 is 0 Å². The lowest BCUT2D eigenvalue weighted by molar-refractivity contribution is -0.0262. The van der Waals surface area contributed by atoms with Gasteiger partial charge in [-0.3, -0.25) is 0 Å². The number of oxazole rings is 1. The van der Waals surface area contributed by atoms with E-state index < -0.39 is 12.1 Å². The van der Waals surface area contributed by atoms with Crippen molar-refractivity contribution in [3.05, 3.63) is 76.2 Å². The summed E-state index contributed by atoms with van der Waals surface area (Å²) in [4.78, 5) is 16.4. The minimum atomic E-state index is -1.00. The molecular weight excluding hydrogens is 418 g/mol. The SMILES string of the molecule is Cc1cccc(-c2nc(COC3CCCC(C(O)c4cccc(C)c4C(=O)O)C3)c(C)o2)c1. The molecule has 1 aliphatic carbocycles. The average Bonchev–Trinajstić information content (AvgIpc) is 3.17. The van der Waals surface area contributed by atoms with Crippen LogP contribution in [0, 0.1) is 26.7 Å². The van der Waals surface area contributed by atoms with Crippen LogP contribution < -0.4 is 0 Å². The Morgan fingerprint density at radius 3 is 2.73 bits per heavy atom. The van der Waals surface area contributed by atoms with Gasteiger partial charge in [-0.2, -0.15) is 0 Å². The fourth-order valence-electron chi connectivity index (χ4n) is 4.76. The molecule has 0 bridgehead atoms. The van der Waals surface area contributed by atoms with Crippen LogP contribution in [0.4, 0.5) is 0 Å². The highest BCUT2D eigenvalue weighted by Crippen LogP contribution is 2.37. The first-order valence-electron chi connectivity index (χ1n) is 11.5. The predicted molar refractivity (Wildman–Crippen MR) is 125 cm³/mol. The predicted octanol–water partition coefficient (Wildman–Crippen LogP) is 5.77. The number of rotatable bonds is 7. The van der Waals surface area contributed by atoms with E-state index in [0.717, 1.165) is 41.8 Å². The van der Waals surface area contributed by atoms with Gasteiger partial charge >= 0.3 is 5.97 Å². The molecule has 3 atom stereocenters. The van der Waals surface area contributed by atoms with E-state index in [1.807, 2.05) is 38.1 Å². The minimum Gasteiger partial charge on any atom is -0.478 e. The number of hydrogen-bond donors (Lipinski definition) is 2. The molecule has 2 N–H and O–H groups in total. The summed E-state index contributed by atoms with van der Waals surface area (Å²) in [6.45, 7) is 6.04. The van der Waals surface area contributed by atoms with Gasteiger partial charge in [-0.15, -0.1) is 0 Å². The number of carbonyl (C=O) groups is 1. The third-order valence-corrected chi connectivity index (χ3v) is 6.56. The van der Waals surface area contributed by atoms with Crippen LogP contribution in [0.1, 0.15) is 70.3 Å². The van der Waals surface area contributed by atoms with Gasteiger partial charge in [0.25, 0.3) is 0 Å². The summed E-state index contributed by atoms with van der Waals surface area (Å²) in [5.74, 6) is 0.277. The monoisotopic (exact) mass is 449 g/mol. The third-order valence-electron chi connectivity index (χ3n) is 6.56. The van der Waals surface area contributed by atoms with E-state index in [1.54, 1.807) is 25.1 Å². The zero-order valence-electron chi connectivity index (χ0n) is 19.4. The Morgan fingerprint density at radius 2 is 1.97 bits per heavy atom. The van der Waals surface area contributed by atoms with Crippen LogP contribution in [0.25, 0.3) is 11.5 Å². The number of aromatic nitrogens is 1. The molecule has 1 heterocycles. The van der Waals surface area contributed by atoms with Crippen LogP contribution in [0.5, 0.6) is 0 Å². The molecule has 33 heavy (non-hydrogen) atoms. The van der Waals surface area contributed by atoms with Crippen molar-refractivity contribution in [2.45, 2.75) is 65.3 Å². The van der Waals surface area contributed by atoms with E-state index in [0.29, 0.717) is 30.0 Å². The summed E-state index contributed by atoms with van der Waals surface area (Å²) >= 11 is 0. The first-order valence-corrected chi connectivity index (χ1v) is 11.5. The molecule has 1 saturated carbocycles. The summed E-state index contributed by atoms with van der Waals surface area (Å²) in [6.07, 6.45) is 2.50. The maximum atomic E-state index is 11.8. The lowest BCUT2D eigenvalue weighted by Gasteiger charge is -2.32. The van der Waals surface area contributed by atoms with Gasteiger partial charge in [-0.25, -0.2) is 9.78 Å². The van der Waals surface area contributed by atoms with Gasteiger partial charge in [-0.05, 0) is 69.2 Å². The van der Waals surface area contributed by atoms with Gasteiger partial charge in [0.2, 0.25) is 5.89 Å². The van der Waals surface area contributed by atoms with Gasteiger partial charge in [0.15, 0.2) is 0 Å². The van der Waals surface area contributed by atoms with Crippen LogP contribution >= 0.6 is 0 Å². The van der Waals surface area contributed by atoms with E-state index in [4.69, 9.17) is 9.15 Å². The quantitative estimate of drug-likeness (QED) is 0.475. The summed E-state index contributed by atoms with van der Waals surface area (Å²) in [6, 6.07) is 13.3. The van der Waals surface area contributed by atoms with Gasteiger partial charge in [0.1, 0.15) is 11.5 Å². The number of aliphatic hydroxyl groups is 1. The number of aromatic carboxylic acids is 1. The second-order valence-electron chi connectivity index (χ2n) is 9.04. The van der Waals surface area contributed by atoms with E-state index in [1.165, 1.54) is 0 Å². The third kappa shape index (κ3) is 5.18. The minimum absolute atomic E-state index is 0.0185. The number of carboxylic acid groups (broad SMARTS) is 1. The molecule has 4 rings (SSSR count). The van der Waals surface area contributed by atoms with Crippen molar-refractivity contribution in [2.75, 3.05) is 0 Å². The number of carboxylic acids is 1. The highest BCUT2D eigenvalue weighted by molar-refractivity contribution is 5.91. The van der Waals surface area contributed by atoms with Crippen LogP contribution in [-0.2, 0) is 11.3 Å². The van der Waals surface area contributed by atoms with Gasteiger partial charge in [0.05, 0.1) is 24.4 Å². The molecular formula is C27H31NO5. The Kier molecular flexibility index (Phi) is 6.96. The van der Waals surface area contributed by atoms with Crippen LogP contribution in [0.2, 0.25) is 0 Å². The van der Waals surface area contributed by atoms with Crippen LogP contribution in [0.3, 0.4) is 0 Å². The molecule has 1 fully saturated rings. The lowest BCUT2D eigenvalue weighted by atomic mass is 9.80. The highest BCUT2D eigenvalue weighted by atomic mass is 16.5. The normalized spacial score (nSPS) is 19.4. The molecule has 0 radical (unpaired) electrons. The molecule has 174 valence electrons. The van der Waals surface area contributed by atoms with Gasteiger partial charge in [0, 0.05) is 5.56 Å². The van der Waals surface area contributed by atoms with Crippen LogP contribution in [0.15, 0.2) is 46.9 Å². The van der Waals surface area contributed by atoms with Crippen molar-refractivity contribution in [1.29, 1.82) is 0 Å². The smallest absolute Gasteiger partial charge is 0.336 e. The molecule has 0 amide bonds. The maximum Gasteiger partial charge on any atom is 0.336 e. The average molecular weight is 450 g/mol. The molecule has 3 unspecified atom stereocenters. The lowest BCUT2D eigenvalue weighted by Crippen LogP contribution is -2.27. The van der Waals surface area contributed by atoms with E-state index in [2.05, 4.69) is 4.98 Å². The molecule has 6 heteroatoms. The molecule has 0 spiro atoms. The van der Waals surface area contributed by atoms with Crippen molar-refractivity contribution in [1.82, 2.24) is 4.98 Å². The number of benzene rings is 2. The Bertz CT molecular complexity index is 1140. The second-order valence-corrected chi connectivity index (χ2v) is 9.04. The van der Waals surface area contributed by atoms with Gasteiger partial charge < -0.3 is 19.4 Å². The maximum absolute atomic E-state index is 11.8. The summed E-state index contributed by atoms with van der Waals surface area (Å²) in [5, 5.41) is 20.7. The Labute approximate surface area is 194 Å². The number of aryl methyl sites for hydroxylation is 3. The molecule has 0 saturated heterocycles. The highest BCUT2D eigenvalue weighted by Gasteiger charge is 2.31. The molecule has 1 aromatic heterocycles.